The smallest absolute Gasteiger partial charge is 0.280 e. The van der Waals surface area contributed by atoms with E-state index < -0.39 is 11.3 Å². The number of aromatic nitrogens is 2. The normalized spacial score (nSPS) is 10.3. The number of nitrogens with one attached hydrogen (secondary N) is 1. The SMILES string of the molecule is O=C(Nc1ccc(Br)cc1)c1nn(-c2ccccc2)ccc1=O. The lowest BCUT2D eigenvalue weighted by Crippen LogP contribution is -2.25. The molecular weight excluding hydrogens is 358 g/mol. The van der Waals surface area contributed by atoms with E-state index >= 15 is 0 Å². The minimum atomic E-state index is -0.539. The molecule has 0 aliphatic carbocycles. The summed E-state index contributed by atoms with van der Waals surface area (Å²) in [6.45, 7) is 0. The number of halogens is 1. The van der Waals surface area contributed by atoms with Gasteiger partial charge in [-0.3, -0.25) is 9.59 Å². The summed E-state index contributed by atoms with van der Waals surface area (Å²) in [6.07, 6.45) is 1.54. The van der Waals surface area contributed by atoms with E-state index in [-0.39, 0.29) is 5.69 Å². The maximum Gasteiger partial charge on any atom is 0.280 e. The highest BCUT2D eigenvalue weighted by Crippen LogP contribution is 2.14. The molecule has 114 valence electrons. The Morgan fingerprint density at radius 3 is 2.39 bits per heavy atom. The Balaban J connectivity index is 1.91. The van der Waals surface area contributed by atoms with Crippen molar-refractivity contribution in [1.29, 1.82) is 0 Å². The Kier molecular flexibility index (Phi) is 4.34. The standard InChI is InChI=1S/C17H12BrN3O2/c18-12-6-8-13(9-7-12)19-17(23)16-15(22)10-11-21(20-16)14-4-2-1-3-5-14/h1-11H,(H,19,23). The van der Waals surface area contributed by atoms with Gasteiger partial charge in [0.15, 0.2) is 5.69 Å². The third kappa shape index (κ3) is 3.54. The molecule has 0 atom stereocenters. The Morgan fingerprint density at radius 2 is 1.70 bits per heavy atom. The number of carbonyl (C=O) groups is 1. The minimum absolute atomic E-state index is 0.153. The van der Waals surface area contributed by atoms with Crippen LogP contribution >= 0.6 is 15.9 Å². The molecule has 0 saturated carbocycles. The molecule has 0 fully saturated rings. The average Bonchev–Trinajstić information content (AvgIpc) is 2.58. The number of para-hydroxylation sites is 1. The number of hydrogen-bond donors (Lipinski definition) is 1. The summed E-state index contributed by atoms with van der Waals surface area (Å²) in [5.74, 6) is -0.539. The number of anilines is 1. The molecule has 3 rings (SSSR count). The van der Waals surface area contributed by atoms with Gasteiger partial charge in [0.1, 0.15) is 0 Å². The number of rotatable bonds is 3. The van der Waals surface area contributed by atoms with Gasteiger partial charge < -0.3 is 5.32 Å². The fraction of sp³-hybridized carbons (Fsp3) is 0. The number of amides is 1. The minimum Gasteiger partial charge on any atom is -0.320 e. The van der Waals surface area contributed by atoms with E-state index in [1.807, 2.05) is 30.3 Å². The van der Waals surface area contributed by atoms with E-state index in [2.05, 4.69) is 26.3 Å². The van der Waals surface area contributed by atoms with Crippen LogP contribution < -0.4 is 10.7 Å². The van der Waals surface area contributed by atoms with Gasteiger partial charge in [-0.25, -0.2) is 4.68 Å². The van der Waals surface area contributed by atoms with E-state index in [0.717, 1.165) is 10.2 Å². The largest absolute Gasteiger partial charge is 0.320 e. The van der Waals surface area contributed by atoms with Crippen molar-refractivity contribution < 1.29 is 4.79 Å². The Bertz CT molecular complexity index is 890. The van der Waals surface area contributed by atoms with E-state index in [1.165, 1.54) is 16.9 Å². The van der Waals surface area contributed by atoms with Crippen LogP contribution in [-0.2, 0) is 0 Å². The van der Waals surface area contributed by atoms with E-state index in [1.54, 1.807) is 24.3 Å². The summed E-state index contributed by atoms with van der Waals surface area (Å²) < 4.78 is 2.40. The van der Waals surface area contributed by atoms with Gasteiger partial charge in [-0.1, -0.05) is 34.1 Å². The topological polar surface area (TPSA) is 64.0 Å². The summed E-state index contributed by atoms with van der Waals surface area (Å²) in [7, 11) is 0. The summed E-state index contributed by atoms with van der Waals surface area (Å²) in [4.78, 5) is 24.2. The maximum atomic E-state index is 12.3. The molecule has 0 aliphatic rings. The van der Waals surface area contributed by atoms with Crippen LogP contribution in [0, 0.1) is 0 Å². The molecule has 6 heteroatoms. The third-order valence-corrected chi connectivity index (χ3v) is 3.67. The highest BCUT2D eigenvalue weighted by molar-refractivity contribution is 9.10. The quantitative estimate of drug-likeness (QED) is 0.770. The zero-order chi connectivity index (χ0) is 16.2. The lowest BCUT2D eigenvalue weighted by molar-refractivity contribution is 0.101. The van der Waals surface area contributed by atoms with Gasteiger partial charge in [-0.15, -0.1) is 0 Å². The number of benzene rings is 2. The van der Waals surface area contributed by atoms with Crippen molar-refractivity contribution in [2.75, 3.05) is 5.32 Å². The van der Waals surface area contributed by atoms with Crippen molar-refractivity contribution >= 4 is 27.5 Å². The number of carbonyl (C=O) groups excluding carboxylic acids is 1. The first kappa shape index (κ1) is 15.2. The summed E-state index contributed by atoms with van der Waals surface area (Å²) in [5, 5.41) is 6.81. The molecule has 1 aromatic heterocycles. The highest BCUT2D eigenvalue weighted by Gasteiger charge is 2.13. The lowest BCUT2D eigenvalue weighted by atomic mass is 10.3. The molecule has 0 saturated heterocycles. The lowest BCUT2D eigenvalue weighted by Gasteiger charge is -2.08. The van der Waals surface area contributed by atoms with Gasteiger partial charge in [0.2, 0.25) is 5.43 Å². The van der Waals surface area contributed by atoms with Gasteiger partial charge in [0.05, 0.1) is 5.69 Å². The van der Waals surface area contributed by atoms with E-state index in [9.17, 15) is 9.59 Å². The molecule has 1 heterocycles. The van der Waals surface area contributed by atoms with Crippen LogP contribution in [0.25, 0.3) is 5.69 Å². The van der Waals surface area contributed by atoms with Gasteiger partial charge in [-0.05, 0) is 36.4 Å². The van der Waals surface area contributed by atoms with Crippen molar-refractivity contribution in [2.24, 2.45) is 0 Å². The number of hydrogen-bond acceptors (Lipinski definition) is 3. The molecule has 1 N–H and O–H groups in total. The molecule has 0 radical (unpaired) electrons. The van der Waals surface area contributed by atoms with Crippen LogP contribution in [0.15, 0.2) is 76.1 Å². The predicted molar refractivity (Wildman–Crippen MR) is 91.9 cm³/mol. The summed E-state index contributed by atoms with van der Waals surface area (Å²) in [5.41, 5.74) is 0.783. The predicted octanol–water partition coefficient (Wildman–Crippen LogP) is 3.25. The zero-order valence-corrected chi connectivity index (χ0v) is 13.5. The van der Waals surface area contributed by atoms with Gasteiger partial charge in [0, 0.05) is 22.4 Å². The van der Waals surface area contributed by atoms with Crippen LogP contribution in [0.2, 0.25) is 0 Å². The first-order valence-corrected chi connectivity index (χ1v) is 7.65. The molecule has 0 unspecified atom stereocenters. The van der Waals surface area contributed by atoms with Gasteiger partial charge in [-0.2, -0.15) is 5.10 Å². The Labute approximate surface area is 140 Å². The first-order valence-electron chi connectivity index (χ1n) is 6.86. The summed E-state index contributed by atoms with van der Waals surface area (Å²) in [6, 6.07) is 17.7. The van der Waals surface area contributed by atoms with Crippen molar-refractivity contribution in [2.45, 2.75) is 0 Å². The average molecular weight is 370 g/mol. The maximum absolute atomic E-state index is 12.3. The first-order chi connectivity index (χ1) is 11.1. The molecular formula is C17H12BrN3O2. The molecule has 1 amide bonds. The van der Waals surface area contributed by atoms with Crippen LogP contribution in [0.4, 0.5) is 5.69 Å². The second-order valence-corrected chi connectivity index (χ2v) is 5.69. The Morgan fingerprint density at radius 1 is 1.00 bits per heavy atom. The number of nitrogens with zero attached hydrogens (tertiary/aromatic N) is 2. The van der Waals surface area contributed by atoms with Crippen LogP contribution in [-0.4, -0.2) is 15.7 Å². The van der Waals surface area contributed by atoms with Gasteiger partial charge in [0.25, 0.3) is 5.91 Å². The summed E-state index contributed by atoms with van der Waals surface area (Å²) >= 11 is 3.33. The molecule has 3 aromatic rings. The second kappa shape index (κ2) is 6.58. The fourth-order valence-electron chi connectivity index (χ4n) is 2.01. The van der Waals surface area contributed by atoms with Crippen molar-refractivity contribution in [3.63, 3.8) is 0 Å². The molecule has 0 aliphatic heterocycles. The van der Waals surface area contributed by atoms with Crippen molar-refractivity contribution in [1.82, 2.24) is 9.78 Å². The van der Waals surface area contributed by atoms with E-state index in [0.29, 0.717) is 5.69 Å². The second-order valence-electron chi connectivity index (χ2n) is 4.77. The van der Waals surface area contributed by atoms with Crippen LogP contribution in [0.1, 0.15) is 10.5 Å². The molecule has 2 aromatic carbocycles. The molecule has 5 nitrogen and oxygen atoms in total. The molecule has 0 spiro atoms. The van der Waals surface area contributed by atoms with Crippen molar-refractivity contribution in [3.8, 4) is 5.69 Å². The van der Waals surface area contributed by atoms with Crippen LogP contribution in [0.5, 0.6) is 0 Å². The molecule has 23 heavy (non-hydrogen) atoms. The van der Waals surface area contributed by atoms with Crippen LogP contribution in [0.3, 0.4) is 0 Å². The Hall–Kier alpha value is -2.73. The highest BCUT2D eigenvalue weighted by atomic mass is 79.9. The molecule has 0 bridgehead atoms. The zero-order valence-electron chi connectivity index (χ0n) is 11.9. The monoisotopic (exact) mass is 369 g/mol. The van der Waals surface area contributed by atoms with E-state index in [4.69, 9.17) is 0 Å². The van der Waals surface area contributed by atoms with Gasteiger partial charge >= 0.3 is 0 Å². The fourth-order valence-corrected chi connectivity index (χ4v) is 2.28. The van der Waals surface area contributed by atoms with Crippen molar-refractivity contribution in [3.05, 3.63) is 87.3 Å². The third-order valence-electron chi connectivity index (χ3n) is 3.15.